The maximum absolute atomic E-state index is 14.6. The van der Waals surface area contributed by atoms with E-state index in [1.54, 1.807) is 35.1 Å². The van der Waals surface area contributed by atoms with Crippen LogP contribution in [0, 0.1) is 17.0 Å². The lowest BCUT2D eigenvalue weighted by molar-refractivity contribution is -0.129. The number of carbonyl (C=O) groups excluding carboxylic acids is 1. The number of nitrogens with one attached hydrogen (secondary N) is 1. The van der Waals surface area contributed by atoms with Crippen molar-refractivity contribution in [1.29, 1.82) is 0 Å². The van der Waals surface area contributed by atoms with E-state index in [9.17, 15) is 13.6 Å². The molecule has 2 atom stereocenters. The molecule has 2 unspecified atom stereocenters. The molecule has 1 heterocycles. The first-order valence-electron chi connectivity index (χ1n) is 11.6. The van der Waals surface area contributed by atoms with Gasteiger partial charge in [-0.05, 0) is 67.1 Å². The minimum Gasteiger partial charge on any atom is -0.494 e. The number of rotatable bonds is 7. The minimum atomic E-state index is -0.679. The third-order valence-corrected chi connectivity index (χ3v) is 5.87. The Kier molecular flexibility index (Phi) is 6.97. The molecule has 3 aromatic carbocycles. The number of nitrogens with zero attached hydrogens (tertiary/aromatic N) is 2. The summed E-state index contributed by atoms with van der Waals surface area (Å²) >= 11 is 0. The van der Waals surface area contributed by atoms with Gasteiger partial charge >= 0.3 is 0 Å². The zero-order chi connectivity index (χ0) is 26.0. The van der Waals surface area contributed by atoms with E-state index in [4.69, 9.17) is 9.47 Å². The van der Waals surface area contributed by atoms with Crippen LogP contribution in [0.3, 0.4) is 0 Å². The number of halogens is 2. The predicted octanol–water partition coefficient (Wildman–Crippen LogP) is 5.98. The van der Waals surface area contributed by atoms with E-state index in [1.165, 1.54) is 31.4 Å². The Morgan fingerprint density at radius 2 is 1.75 bits per heavy atom. The summed E-state index contributed by atoms with van der Waals surface area (Å²) in [5, 5.41) is 8.22. The quantitative estimate of drug-likeness (QED) is 0.344. The molecule has 1 N–H and O–H groups in total. The molecule has 6 nitrogen and oxygen atoms in total. The predicted molar refractivity (Wildman–Crippen MR) is 134 cm³/mol. The van der Waals surface area contributed by atoms with Crippen LogP contribution in [0.2, 0.25) is 0 Å². The number of ether oxygens (including phenoxy) is 2. The first kappa shape index (κ1) is 25.2. The average molecular weight is 494 g/mol. The Morgan fingerprint density at radius 3 is 2.39 bits per heavy atom. The number of methoxy groups -OCH3 is 1. The van der Waals surface area contributed by atoms with Gasteiger partial charge in [0.05, 0.1) is 30.6 Å². The lowest BCUT2D eigenvalue weighted by Crippen LogP contribution is -2.44. The summed E-state index contributed by atoms with van der Waals surface area (Å²) < 4.78 is 41.0. The largest absolute Gasteiger partial charge is 0.494 e. The number of benzene rings is 3. The number of hydrogen-bond acceptors (Lipinski definition) is 4. The molecule has 0 aliphatic heterocycles. The van der Waals surface area contributed by atoms with Crippen LogP contribution >= 0.6 is 0 Å². The minimum absolute atomic E-state index is 0.124. The molecular weight excluding hydrogens is 464 g/mol. The van der Waals surface area contributed by atoms with Crippen LogP contribution < -0.4 is 14.8 Å². The van der Waals surface area contributed by atoms with Crippen molar-refractivity contribution in [3.8, 4) is 17.2 Å². The van der Waals surface area contributed by atoms with Gasteiger partial charge in [0.2, 0.25) is 5.91 Å². The van der Waals surface area contributed by atoms with Crippen molar-refractivity contribution in [3.05, 3.63) is 84.1 Å². The average Bonchev–Trinajstić information content (AvgIpc) is 3.25. The summed E-state index contributed by atoms with van der Waals surface area (Å²) in [4.78, 5) is 12.7. The summed E-state index contributed by atoms with van der Waals surface area (Å²) in [5.41, 5.74) is 1.50. The molecule has 4 aromatic rings. The Bertz CT molecular complexity index is 1380. The van der Waals surface area contributed by atoms with Crippen LogP contribution in [0.4, 0.5) is 8.78 Å². The van der Waals surface area contributed by atoms with Crippen LogP contribution in [-0.2, 0) is 4.79 Å². The Balaban J connectivity index is 1.66. The maximum atomic E-state index is 14.6. The third kappa shape index (κ3) is 5.32. The first-order chi connectivity index (χ1) is 17.1. The number of carbonyl (C=O) groups is 1. The third-order valence-electron chi connectivity index (χ3n) is 5.87. The Hall–Kier alpha value is -3.94. The highest BCUT2D eigenvalue weighted by Crippen LogP contribution is 2.31. The van der Waals surface area contributed by atoms with Crippen molar-refractivity contribution in [3.63, 3.8) is 0 Å². The molecule has 1 aromatic heterocycles. The smallest absolute Gasteiger partial charge is 0.225 e. The number of aromatic nitrogens is 2. The van der Waals surface area contributed by atoms with Crippen molar-refractivity contribution in [2.24, 2.45) is 5.41 Å². The Morgan fingerprint density at radius 1 is 1.03 bits per heavy atom. The molecule has 188 valence electrons. The number of hydrogen-bond donors (Lipinski definition) is 1. The van der Waals surface area contributed by atoms with Gasteiger partial charge in [-0.15, -0.1) is 0 Å². The molecular formula is C28H29F2N3O3. The SMILES string of the molecule is COc1ccc(C(Oc2ccc3c(cnn3-c3ccc(F)cc3)c2)C(C)NC(=O)C(C)(C)C)cc1F. The van der Waals surface area contributed by atoms with Gasteiger partial charge in [0.15, 0.2) is 11.6 Å². The van der Waals surface area contributed by atoms with Gasteiger partial charge in [0.1, 0.15) is 17.7 Å². The fourth-order valence-electron chi connectivity index (χ4n) is 3.84. The lowest BCUT2D eigenvalue weighted by Gasteiger charge is -2.29. The summed E-state index contributed by atoms with van der Waals surface area (Å²) in [6.07, 6.45) is 1.01. The molecule has 4 rings (SSSR count). The lowest BCUT2D eigenvalue weighted by atomic mass is 9.94. The summed E-state index contributed by atoms with van der Waals surface area (Å²) in [6, 6.07) is 15.7. The van der Waals surface area contributed by atoms with E-state index in [0.29, 0.717) is 11.3 Å². The molecule has 0 aliphatic carbocycles. The molecule has 0 radical (unpaired) electrons. The van der Waals surface area contributed by atoms with Gasteiger partial charge in [-0.1, -0.05) is 26.8 Å². The van der Waals surface area contributed by atoms with Gasteiger partial charge in [-0.2, -0.15) is 5.10 Å². The molecule has 0 aliphatic rings. The zero-order valence-corrected chi connectivity index (χ0v) is 20.9. The van der Waals surface area contributed by atoms with Gasteiger partial charge < -0.3 is 14.8 Å². The molecule has 8 heteroatoms. The summed E-state index contributed by atoms with van der Waals surface area (Å²) in [7, 11) is 1.40. The van der Waals surface area contributed by atoms with Crippen molar-refractivity contribution < 1.29 is 23.0 Å². The van der Waals surface area contributed by atoms with E-state index in [1.807, 2.05) is 39.8 Å². The monoisotopic (exact) mass is 493 g/mol. The van der Waals surface area contributed by atoms with Gasteiger partial charge in [-0.3, -0.25) is 4.79 Å². The highest BCUT2D eigenvalue weighted by Gasteiger charge is 2.29. The zero-order valence-electron chi connectivity index (χ0n) is 20.9. The van der Waals surface area contributed by atoms with Crippen molar-refractivity contribution in [2.45, 2.75) is 39.8 Å². The highest BCUT2D eigenvalue weighted by molar-refractivity contribution is 5.82. The Labute approximate surface area is 208 Å². The summed E-state index contributed by atoms with van der Waals surface area (Å²) in [6.45, 7) is 7.29. The normalized spacial score (nSPS) is 13.3. The topological polar surface area (TPSA) is 65.4 Å². The number of amides is 1. The van der Waals surface area contributed by atoms with Gasteiger partial charge in [0.25, 0.3) is 0 Å². The van der Waals surface area contributed by atoms with E-state index >= 15 is 0 Å². The molecule has 0 fully saturated rings. The molecule has 0 saturated carbocycles. The molecule has 0 saturated heterocycles. The van der Waals surface area contributed by atoms with Gasteiger partial charge in [0, 0.05) is 10.8 Å². The second-order valence-electron chi connectivity index (χ2n) is 9.70. The second-order valence-corrected chi connectivity index (χ2v) is 9.70. The first-order valence-corrected chi connectivity index (χ1v) is 11.6. The van der Waals surface area contributed by atoms with Crippen molar-refractivity contribution in [1.82, 2.24) is 15.1 Å². The van der Waals surface area contributed by atoms with Crippen LogP contribution in [0.15, 0.2) is 66.9 Å². The second kappa shape index (κ2) is 9.97. The van der Waals surface area contributed by atoms with Crippen LogP contribution in [0.5, 0.6) is 11.5 Å². The molecule has 0 bridgehead atoms. The van der Waals surface area contributed by atoms with E-state index in [-0.39, 0.29) is 17.5 Å². The van der Waals surface area contributed by atoms with E-state index in [0.717, 1.165) is 16.6 Å². The van der Waals surface area contributed by atoms with E-state index < -0.39 is 23.4 Å². The van der Waals surface area contributed by atoms with Crippen LogP contribution in [0.1, 0.15) is 39.4 Å². The van der Waals surface area contributed by atoms with Gasteiger partial charge in [-0.25, -0.2) is 13.5 Å². The highest BCUT2D eigenvalue weighted by atomic mass is 19.1. The fourth-order valence-corrected chi connectivity index (χ4v) is 3.84. The molecule has 1 amide bonds. The maximum Gasteiger partial charge on any atom is 0.225 e. The summed E-state index contributed by atoms with van der Waals surface area (Å²) in [5.74, 6) is -0.333. The van der Waals surface area contributed by atoms with Crippen LogP contribution in [0.25, 0.3) is 16.6 Å². The number of fused-ring (bicyclic) bond motifs is 1. The molecule has 0 spiro atoms. The molecule has 36 heavy (non-hydrogen) atoms. The fraction of sp³-hybridized carbons (Fsp3) is 0.286. The standard InChI is InChI=1S/C28H29F2N3O3/c1-17(32-27(34)28(2,3)4)26(18-6-13-25(35-5)23(30)15-18)36-22-11-12-24-19(14-22)16-31-33(24)21-9-7-20(29)8-10-21/h6-17,26H,1-5H3,(H,32,34). The van der Waals surface area contributed by atoms with E-state index in [2.05, 4.69) is 10.4 Å². The van der Waals surface area contributed by atoms with Crippen molar-refractivity contribution >= 4 is 16.8 Å². The van der Waals surface area contributed by atoms with Crippen LogP contribution in [-0.4, -0.2) is 28.8 Å². The van der Waals surface area contributed by atoms with Crippen molar-refractivity contribution in [2.75, 3.05) is 7.11 Å².